The normalized spacial score (nSPS) is 18.1. The lowest BCUT2D eigenvalue weighted by molar-refractivity contribution is -0.138. The van der Waals surface area contributed by atoms with Gasteiger partial charge in [0.1, 0.15) is 12.2 Å². The topological polar surface area (TPSA) is 105 Å². The van der Waals surface area contributed by atoms with Gasteiger partial charge in [-0.05, 0) is 61.8 Å². The minimum absolute atomic E-state index is 0.0848. The van der Waals surface area contributed by atoms with Crippen LogP contribution in [0.1, 0.15) is 57.1 Å². The van der Waals surface area contributed by atoms with Crippen molar-refractivity contribution in [2.75, 3.05) is 19.7 Å². The van der Waals surface area contributed by atoms with E-state index in [1.54, 1.807) is 25.7 Å². The number of amides is 2. The zero-order valence-corrected chi connectivity index (χ0v) is 21.0. The first kappa shape index (κ1) is 25.5. The molecule has 1 aliphatic carbocycles. The Labute approximate surface area is 211 Å². The van der Waals surface area contributed by atoms with Gasteiger partial charge < -0.3 is 24.8 Å². The molecule has 192 valence electrons. The zero-order chi connectivity index (χ0) is 25.9. The van der Waals surface area contributed by atoms with E-state index in [2.05, 4.69) is 17.4 Å². The summed E-state index contributed by atoms with van der Waals surface area (Å²) in [7, 11) is 0. The van der Waals surface area contributed by atoms with Gasteiger partial charge in [0.25, 0.3) is 0 Å². The number of hydrogen-bond acceptors (Lipinski definition) is 5. The third-order valence-corrected chi connectivity index (χ3v) is 6.72. The van der Waals surface area contributed by atoms with Gasteiger partial charge in [0.05, 0.1) is 6.42 Å². The van der Waals surface area contributed by atoms with Crippen molar-refractivity contribution < 1.29 is 29.0 Å². The number of alkyl carbamates (subject to hydrolysis) is 1. The fourth-order valence-electron chi connectivity index (χ4n) is 5.15. The van der Waals surface area contributed by atoms with Crippen LogP contribution in [0.2, 0.25) is 0 Å². The molecule has 36 heavy (non-hydrogen) atoms. The fourth-order valence-corrected chi connectivity index (χ4v) is 5.15. The standard InChI is InChI=1S/C28H34N2O6/c1-28(2,3)36-27(34)30-14-8-9-18(16-30)24(15-25(31)32)29-26(33)35-17-23-21-12-6-4-10-19(21)20-11-5-7-13-22(20)23/h4-7,10-13,18,23-24H,8-9,14-17H2,1-3H3,(H,29,33)(H,31,32)/t18-,24+/m1/s1. The van der Waals surface area contributed by atoms with Gasteiger partial charge in [-0.25, -0.2) is 9.59 Å². The minimum atomic E-state index is -1.02. The smallest absolute Gasteiger partial charge is 0.410 e. The molecule has 0 spiro atoms. The van der Waals surface area contributed by atoms with E-state index in [0.717, 1.165) is 22.3 Å². The summed E-state index contributed by atoms with van der Waals surface area (Å²) in [6, 6.07) is 15.5. The van der Waals surface area contributed by atoms with E-state index in [4.69, 9.17) is 9.47 Å². The Morgan fingerprint density at radius 3 is 2.25 bits per heavy atom. The van der Waals surface area contributed by atoms with E-state index in [1.165, 1.54) is 0 Å². The molecule has 2 amide bonds. The maximum atomic E-state index is 12.8. The molecule has 4 rings (SSSR count). The number of rotatable bonds is 6. The summed E-state index contributed by atoms with van der Waals surface area (Å²) in [6.07, 6.45) is 0.0598. The zero-order valence-electron chi connectivity index (χ0n) is 21.0. The summed E-state index contributed by atoms with van der Waals surface area (Å²) in [4.78, 5) is 38.6. The quantitative estimate of drug-likeness (QED) is 0.585. The Morgan fingerprint density at radius 1 is 1.06 bits per heavy atom. The van der Waals surface area contributed by atoms with E-state index in [9.17, 15) is 19.5 Å². The SMILES string of the molecule is CC(C)(C)OC(=O)N1CCC[C@@H]([C@H](CC(=O)O)NC(=O)OCC2c3ccccc3-c3ccccc32)C1. The molecule has 1 heterocycles. The summed E-state index contributed by atoms with van der Waals surface area (Å²) in [5.41, 5.74) is 3.86. The molecular weight excluding hydrogens is 460 g/mol. The molecule has 2 N–H and O–H groups in total. The number of hydrogen-bond donors (Lipinski definition) is 2. The highest BCUT2D eigenvalue weighted by Gasteiger charge is 2.34. The monoisotopic (exact) mass is 494 g/mol. The van der Waals surface area contributed by atoms with Crippen LogP contribution >= 0.6 is 0 Å². The number of aliphatic carboxylic acids is 1. The van der Waals surface area contributed by atoms with Crippen molar-refractivity contribution in [1.29, 1.82) is 0 Å². The molecule has 1 saturated heterocycles. The number of carboxylic acid groups (broad SMARTS) is 1. The number of likely N-dealkylation sites (tertiary alicyclic amines) is 1. The highest BCUT2D eigenvalue weighted by Crippen LogP contribution is 2.44. The third-order valence-electron chi connectivity index (χ3n) is 6.72. The van der Waals surface area contributed by atoms with E-state index in [0.29, 0.717) is 25.9 Å². The van der Waals surface area contributed by atoms with Crippen LogP contribution in [0.3, 0.4) is 0 Å². The number of nitrogens with one attached hydrogen (secondary N) is 1. The molecule has 1 fully saturated rings. The Hall–Kier alpha value is -3.55. The van der Waals surface area contributed by atoms with Crippen LogP contribution in [-0.2, 0) is 14.3 Å². The summed E-state index contributed by atoms with van der Waals surface area (Å²) in [6.45, 7) is 6.41. The van der Waals surface area contributed by atoms with Gasteiger partial charge in [-0.3, -0.25) is 4.79 Å². The predicted octanol–water partition coefficient (Wildman–Crippen LogP) is 5.02. The molecule has 0 saturated carbocycles. The summed E-state index contributed by atoms with van der Waals surface area (Å²) in [5, 5.41) is 12.3. The third kappa shape index (κ3) is 5.98. The maximum absolute atomic E-state index is 12.8. The van der Waals surface area contributed by atoms with Crippen LogP contribution in [0.4, 0.5) is 9.59 Å². The molecule has 0 bridgehead atoms. The molecule has 2 atom stereocenters. The first-order valence-electron chi connectivity index (χ1n) is 12.4. The van der Waals surface area contributed by atoms with Crippen LogP contribution < -0.4 is 5.32 Å². The van der Waals surface area contributed by atoms with Crippen LogP contribution in [-0.4, -0.2) is 59.5 Å². The summed E-state index contributed by atoms with van der Waals surface area (Å²) in [5.74, 6) is -1.32. The number of fused-ring (bicyclic) bond motifs is 3. The van der Waals surface area contributed by atoms with Gasteiger partial charge in [0.2, 0.25) is 0 Å². The lowest BCUT2D eigenvalue weighted by Crippen LogP contribution is -2.50. The number of benzene rings is 2. The van der Waals surface area contributed by atoms with E-state index < -0.39 is 29.8 Å². The van der Waals surface area contributed by atoms with Crippen molar-refractivity contribution in [3.05, 3.63) is 59.7 Å². The Kier molecular flexibility index (Phi) is 7.52. The van der Waals surface area contributed by atoms with E-state index >= 15 is 0 Å². The van der Waals surface area contributed by atoms with Gasteiger partial charge in [-0.2, -0.15) is 0 Å². The molecule has 2 aromatic rings. The van der Waals surface area contributed by atoms with Crippen molar-refractivity contribution >= 4 is 18.2 Å². The van der Waals surface area contributed by atoms with Crippen molar-refractivity contribution in [3.63, 3.8) is 0 Å². The largest absolute Gasteiger partial charge is 0.481 e. The van der Waals surface area contributed by atoms with Gasteiger partial charge in [0.15, 0.2) is 0 Å². The number of carboxylic acids is 1. The average molecular weight is 495 g/mol. The highest BCUT2D eigenvalue weighted by molar-refractivity contribution is 5.79. The van der Waals surface area contributed by atoms with Crippen LogP contribution in [0.15, 0.2) is 48.5 Å². The van der Waals surface area contributed by atoms with Gasteiger partial charge in [0, 0.05) is 25.0 Å². The van der Waals surface area contributed by atoms with Crippen LogP contribution in [0, 0.1) is 5.92 Å². The van der Waals surface area contributed by atoms with Crippen molar-refractivity contribution in [1.82, 2.24) is 10.2 Å². The Morgan fingerprint density at radius 2 is 1.67 bits per heavy atom. The van der Waals surface area contributed by atoms with Crippen molar-refractivity contribution in [2.24, 2.45) is 5.92 Å². The molecule has 8 heteroatoms. The van der Waals surface area contributed by atoms with Crippen LogP contribution in [0.25, 0.3) is 11.1 Å². The lowest BCUT2D eigenvalue weighted by atomic mass is 9.89. The Balaban J connectivity index is 1.40. The number of nitrogens with zero attached hydrogens (tertiary/aromatic N) is 1. The number of carbonyl (C=O) groups excluding carboxylic acids is 2. The molecule has 1 aliphatic heterocycles. The van der Waals surface area contributed by atoms with Gasteiger partial charge in [-0.1, -0.05) is 48.5 Å². The molecule has 2 aliphatic rings. The highest BCUT2D eigenvalue weighted by atomic mass is 16.6. The first-order chi connectivity index (χ1) is 17.1. The molecular formula is C28H34N2O6. The maximum Gasteiger partial charge on any atom is 0.410 e. The molecule has 2 aromatic carbocycles. The van der Waals surface area contributed by atoms with Gasteiger partial charge >= 0.3 is 18.2 Å². The van der Waals surface area contributed by atoms with Gasteiger partial charge in [-0.15, -0.1) is 0 Å². The number of carbonyl (C=O) groups is 3. The summed E-state index contributed by atoms with van der Waals surface area (Å²) < 4.78 is 11.1. The molecule has 0 unspecified atom stereocenters. The average Bonchev–Trinajstić information content (AvgIpc) is 3.15. The Bertz CT molecular complexity index is 1080. The summed E-state index contributed by atoms with van der Waals surface area (Å²) >= 11 is 0. The molecule has 8 nitrogen and oxygen atoms in total. The van der Waals surface area contributed by atoms with E-state index in [-0.39, 0.29) is 24.9 Å². The van der Waals surface area contributed by atoms with Crippen molar-refractivity contribution in [3.8, 4) is 11.1 Å². The van der Waals surface area contributed by atoms with Crippen LogP contribution in [0.5, 0.6) is 0 Å². The predicted molar refractivity (Wildman–Crippen MR) is 135 cm³/mol. The lowest BCUT2D eigenvalue weighted by Gasteiger charge is -2.37. The molecule has 0 aromatic heterocycles. The number of ether oxygens (including phenoxy) is 2. The minimum Gasteiger partial charge on any atom is -0.481 e. The second-order valence-corrected chi connectivity index (χ2v) is 10.5. The van der Waals surface area contributed by atoms with Crippen molar-refractivity contribution in [2.45, 2.75) is 57.6 Å². The fraction of sp³-hybridized carbons (Fsp3) is 0.464. The first-order valence-corrected chi connectivity index (χ1v) is 12.4. The second kappa shape index (κ2) is 10.6. The molecule has 0 radical (unpaired) electrons. The second-order valence-electron chi connectivity index (χ2n) is 10.5. The van der Waals surface area contributed by atoms with E-state index in [1.807, 2.05) is 36.4 Å². The number of piperidine rings is 1.